The number of anilines is 1. The van der Waals surface area contributed by atoms with Gasteiger partial charge in [0.2, 0.25) is 0 Å². The molecule has 0 saturated carbocycles. The molecule has 28 heavy (non-hydrogen) atoms. The molecule has 0 bridgehead atoms. The molecule has 2 amide bonds. The van der Waals surface area contributed by atoms with Crippen LogP contribution in [0.2, 0.25) is 0 Å². The van der Waals surface area contributed by atoms with Crippen LogP contribution in [0.3, 0.4) is 0 Å². The van der Waals surface area contributed by atoms with E-state index in [2.05, 4.69) is 5.32 Å². The van der Waals surface area contributed by atoms with Crippen molar-refractivity contribution in [2.24, 2.45) is 0 Å². The summed E-state index contributed by atoms with van der Waals surface area (Å²) in [7, 11) is -2.99. The third kappa shape index (κ3) is 7.47. The lowest BCUT2D eigenvalue weighted by atomic mass is 10.1. The van der Waals surface area contributed by atoms with Gasteiger partial charge in [-0.1, -0.05) is 6.07 Å². The summed E-state index contributed by atoms with van der Waals surface area (Å²) in [6, 6.07) is 6.74. The summed E-state index contributed by atoms with van der Waals surface area (Å²) in [5, 5.41) is 2.64. The van der Waals surface area contributed by atoms with Crippen molar-refractivity contribution in [3.63, 3.8) is 0 Å². The van der Waals surface area contributed by atoms with E-state index in [-0.39, 0.29) is 11.7 Å². The molecule has 2 rings (SSSR count). The number of amides is 2. The second-order valence-corrected chi connectivity index (χ2v) is 10.2. The molecule has 1 aliphatic heterocycles. The van der Waals surface area contributed by atoms with Gasteiger partial charge >= 0.3 is 6.09 Å². The van der Waals surface area contributed by atoms with E-state index in [0.29, 0.717) is 44.0 Å². The number of nitrogens with zero attached hydrogens (tertiary/aromatic N) is 2. The Morgan fingerprint density at radius 2 is 1.79 bits per heavy atom. The Morgan fingerprint density at radius 1 is 1.14 bits per heavy atom. The van der Waals surface area contributed by atoms with Gasteiger partial charge in [0.1, 0.15) is 15.4 Å². The number of ether oxygens (including phenoxy) is 1. The summed E-state index contributed by atoms with van der Waals surface area (Å²) in [4.78, 5) is 28.4. The Balaban J connectivity index is 1.92. The molecule has 0 aliphatic carbocycles. The molecule has 0 atom stereocenters. The summed E-state index contributed by atoms with van der Waals surface area (Å²) >= 11 is 0. The van der Waals surface area contributed by atoms with Gasteiger partial charge in [-0.2, -0.15) is 0 Å². The van der Waals surface area contributed by atoms with Gasteiger partial charge in [-0.3, -0.25) is 15.0 Å². The number of hydrogen-bond acceptors (Lipinski definition) is 6. The molecule has 1 aromatic carbocycles. The van der Waals surface area contributed by atoms with Crippen molar-refractivity contribution in [1.82, 2.24) is 9.80 Å². The average Bonchev–Trinajstić information content (AvgIpc) is 2.57. The summed E-state index contributed by atoms with van der Waals surface area (Å²) < 4.78 is 27.8. The van der Waals surface area contributed by atoms with E-state index in [1.54, 1.807) is 49.9 Å². The highest BCUT2D eigenvalue weighted by molar-refractivity contribution is 7.90. The maximum atomic E-state index is 12.8. The summed E-state index contributed by atoms with van der Waals surface area (Å²) in [6.07, 6.45) is 0.655. The maximum Gasteiger partial charge on any atom is 0.412 e. The fourth-order valence-corrected chi connectivity index (χ4v) is 3.39. The van der Waals surface area contributed by atoms with Gasteiger partial charge in [-0.15, -0.1) is 0 Å². The fourth-order valence-electron chi connectivity index (χ4n) is 2.80. The van der Waals surface area contributed by atoms with Gasteiger partial charge < -0.3 is 9.64 Å². The van der Waals surface area contributed by atoms with Gasteiger partial charge in [0.15, 0.2) is 0 Å². The van der Waals surface area contributed by atoms with E-state index < -0.39 is 21.5 Å². The minimum atomic E-state index is -2.99. The van der Waals surface area contributed by atoms with Gasteiger partial charge in [-0.05, 0) is 39.0 Å². The summed E-state index contributed by atoms with van der Waals surface area (Å²) in [5.74, 6) is 0.00915. The highest BCUT2D eigenvalue weighted by atomic mass is 32.2. The SMILES string of the molecule is CC(C)(C)OC(=O)Nc1cccc(C(=O)N2CCN(CCS(C)(=O)=O)CC2)c1. The first kappa shape index (κ1) is 22.2. The third-order valence-electron chi connectivity index (χ3n) is 4.19. The maximum absolute atomic E-state index is 12.8. The highest BCUT2D eigenvalue weighted by Crippen LogP contribution is 2.16. The second-order valence-electron chi connectivity index (χ2n) is 7.97. The Bertz CT molecular complexity index is 809. The lowest BCUT2D eigenvalue weighted by Crippen LogP contribution is -2.49. The van der Waals surface area contributed by atoms with Crippen molar-refractivity contribution in [2.45, 2.75) is 26.4 Å². The number of nitrogens with one attached hydrogen (secondary N) is 1. The first-order valence-electron chi connectivity index (χ1n) is 9.22. The largest absolute Gasteiger partial charge is 0.444 e. The minimum Gasteiger partial charge on any atom is -0.444 e. The number of piperazine rings is 1. The number of carbonyl (C=O) groups is 2. The second kappa shape index (κ2) is 8.91. The van der Waals surface area contributed by atoms with Crippen LogP contribution >= 0.6 is 0 Å². The van der Waals surface area contributed by atoms with Crippen LogP contribution in [0.15, 0.2) is 24.3 Å². The molecule has 0 aromatic heterocycles. The quantitative estimate of drug-likeness (QED) is 0.794. The van der Waals surface area contributed by atoms with E-state index in [1.807, 2.05) is 4.90 Å². The topological polar surface area (TPSA) is 96.0 Å². The zero-order valence-corrected chi connectivity index (χ0v) is 17.7. The lowest BCUT2D eigenvalue weighted by molar-refractivity contribution is 0.0627. The van der Waals surface area contributed by atoms with Crippen LogP contribution in [0.1, 0.15) is 31.1 Å². The zero-order valence-electron chi connectivity index (χ0n) is 16.9. The molecule has 1 saturated heterocycles. The number of sulfone groups is 1. The zero-order chi connectivity index (χ0) is 20.9. The Kier molecular flexibility index (Phi) is 7.06. The van der Waals surface area contributed by atoms with Crippen molar-refractivity contribution in [1.29, 1.82) is 0 Å². The van der Waals surface area contributed by atoms with Crippen LogP contribution in [-0.4, -0.2) is 80.6 Å². The van der Waals surface area contributed by atoms with Crippen LogP contribution < -0.4 is 5.32 Å². The van der Waals surface area contributed by atoms with E-state index in [9.17, 15) is 18.0 Å². The van der Waals surface area contributed by atoms with Crippen LogP contribution in [-0.2, 0) is 14.6 Å². The number of benzene rings is 1. The van der Waals surface area contributed by atoms with Crippen molar-refractivity contribution in [3.05, 3.63) is 29.8 Å². The molecular weight excluding hydrogens is 382 g/mol. The molecule has 9 heteroatoms. The molecule has 0 radical (unpaired) electrons. The standard InChI is InChI=1S/C19H29N3O5S/c1-19(2,3)27-18(24)20-16-7-5-6-15(14-16)17(23)22-10-8-21(9-11-22)12-13-28(4,25)26/h5-7,14H,8-13H2,1-4H3,(H,20,24). The molecule has 1 fully saturated rings. The van der Waals surface area contributed by atoms with Gasteiger partial charge in [0.25, 0.3) is 5.91 Å². The highest BCUT2D eigenvalue weighted by Gasteiger charge is 2.23. The van der Waals surface area contributed by atoms with Crippen LogP contribution in [0, 0.1) is 0 Å². The Labute approximate surface area is 166 Å². The molecule has 8 nitrogen and oxygen atoms in total. The van der Waals surface area contributed by atoms with E-state index in [1.165, 1.54) is 6.26 Å². The predicted molar refractivity (Wildman–Crippen MR) is 108 cm³/mol. The molecule has 0 spiro atoms. The molecule has 1 aromatic rings. The Hall–Kier alpha value is -2.13. The first-order valence-corrected chi connectivity index (χ1v) is 11.3. The third-order valence-corrected chi connectivity index (χ3v) is 5.12. The average molecular weight is 412 g/mol. The van der Waals surface area contributed by atoms with E-state index in [0.717, 1.165) is 0 Å². The van der Waals surface area contributed by atoms with Crippen molar-refractivity contribution in [3.8, 4) is 0 Å². The number of carbonyl (C=O) groups excluding carboxylic acids is 2. The molecule has 156 valence electrons. The van der Waals surface area contributed by atoms with Gasteiger partial charge in [0.05, 0.1) is 5.75 Å². The number of hydrogen-bond donors (Lipinski definition) is 1. The lowest BCUT2D eigenvalue weighted by Gasteiger charge is -2.34. The normalized spacial score (nSPS) is 15.9. The predicted octanol–water partition coefficient (Wildman–Crippen LogP) is 1.84. The molecule has 1 aliphatic rings. The first-order chi connectivity index (χ1) is 12.9. The smallest absolute Gasteiger partial charge is 0.412 e. The summed E-state index contributed by atoms with van der Waals surface area (Å²) in [5.41, 5.74) is 0.374. The minimum absolute atomic E-state index is 0.115. The summed E-state index contributed by atoms with van der Waals surface area (Å²) in [6.45, 7) is 8.16. The monoisotopic (exact) mass is 411 g/mol. The van der Waals surface area contributed by atoms with Crippen LogP contribution in [0.5, 0.6) is 0 Å². The van der Waals surface area contributed by atoms with Crippen molar-refractivity contribution >= 4 is 27.5 Å². The van der Waals surface area contributed by atoms with Gasteiger partial charge in [-0.25, -0.2) is 13.2 Å². The van der Waals surface area contributed by atoms with E-state index >= 15 is 0 Å². The van der Waals surface area contributed by atoms with Crippen molar-refractivity contribution < 1.29 is 22.7 Å². The van der Waals surface area contributed by atoms with Crippen LogP contribution in [0.4, 0.5) is 10.5 Å². The van der Waals surface area contributed by atoms with Crippen LogP contribution in [0.25, 0.3) is 0 Å². The Morgan fingerprint density at radius 3 is 2.36 bits per heavy atom. The molecule has 1 N–H and O–H groups in total. The fraction of sp³-hybridized carbons (Fsp3) is 0.579. The molecule has 1 heterocycles. The molecular formula is C19H29N3O5S. The number of rotatable bonds is 5. The van der Waals surface area contributed by atoms with Gasteiger partial charge in [0, 0.05) is 50.2 Å². The van der Waals surface area contributed by atoms with E-state index in [4.69, 9.17) is 4.74 Å². The van der Waals surface area contributed by atoms with Crippen molar-refractivity contribution in [2.75, 3.05) is 50.0 Å². The molecule has 0 unspecified atom stereocenters.